The summed E-state index contributed by atoms with van der Waals surface area (Å²) in [6.07, 6.45) is 4.54. The smallest absolute Gasteiger partial charge is 0.354 e. The number of furan rings is 1. The summed E-state index contributed by atoms with van der Waals surface area (Å²) in [7, 11) is 4.37. The first kappa shape index (κ1) is 39.3. The number of nitrogens with zero attached hydrogens (tertiary/aromatic N) is 3. The van der Waals surface area contributed by atoms with Gasteiger partial charge in [0.15, 0.2) is 35.7 Å². The molecular weight excluding hydrogens is 718 g/mol. The topological polar surface area (TPSA) is 192 Å². The lowest BCUT2D eigenvalue weighted by Gasteiger charge is -2.41. The second-order valence-electron chi connectivity index (χ2n) is 13.2. The Labute approximate surface area is 318 Å². The zero-order valence-electron chi connectivity index (χ0n) is 31.1. The fourth-order valence-electron chi connectivity index (χ4n) is 6.91. The number of carbonyl (C=O) groups is 4. The van der Waals surface area contributed by atoms with Crippen LogP contribution >= 0.6 is 0 Å². The van der Waals surface area contributed by atoms with Crippen LogP contribution in [-0.4, -0.2) is 104 Å². The monoisotopic (exact) mass is 765 g/mol. The van der Waals surface area contributed by atoms with Gasteiger partial charge in [-0.2, -0.15) is 0 Å². The van der Waals surface area contributed by atoms with Gasteiger partial charge < -0.3 is 52.7 Å². The maximum absolute atomic E-state index is 14.1. The van der Waals surface area contributed by atoms with Gasteiger partial charge in [0.25, 0.3) is 11.8 Å². The van der Waals surface area contributed by atoms with Gasteiger partial charge in [-0.3, -0.25) is 24.6 Å². The van der Waals surface area contributed by atoms with Crippen molar-refractivity contribution in [3.63, 3.8) is 0 Å². The highest BCUT2D eigenvalue weighted by Gasteiger charge is 2.47. The standard InChI is InChI=1S/C38H47N5O12/c1-5-16-53-38(48)43-26-21-30(29(49-3)20-24(26)35(46)42-15-8-10-25(42)36(43)55-33-12-6-7-17-52-33)51-18-9-11-31(44)40-32-14-13-28(54-32)34(45)39-23-19-27(37(47)50-4)41(2)22-23/h5,13-14,19-22,25,33,36,38,48H,1,6-12,15-18H2,2-4H3,(H,39,45)(H,40,44)/t25-,33?,36-,38?/m0/s1. The number of aromatic nitrogens is 1. The van der Waals surface area contributed by atoms with Crippen LogP contribution in [0.2, 0.25) is 0 Å². The molecule has 3 amide bonds. The molecule has 4 atom stereocenters. The third-order valence-electron chi connectivity index (χ3n) is 9.54. The number of hydrogen-bond donors (Lipinski definition) is 3. The first-order valence-corrected chi connectivity index (χ1v) is 18.2. The summed E-state index contributed by atoms with van der Waals surface area (Å²) < 4.78 is 41.7. The van der Waals surface area contributed by atoms with E-state index in [0.717, 1.165) is 19.3 Å². The number of hydrogen-bond acceptors (Lipinski definition) is 13. The number of aliphatic hydroxyl groups is 1. The highest BCUT2D eigenvalue weighted by molar-refractivity contribution is 6.04. The molecule has 2 fully saturated rings. The van der Waals surface area contributed by atoms with E-state index in [0.29, 0.717) is 43.1 Å². The Morgan fingerprint density at radius 1 is 1.09 bits per heavy atom. The van der Waals surface area contributed by atoms with Gasteiger partial charge in [0, 0.05) is 44.9 Å². The summed E-state index contributed by atoms with van der Waals surface area (Å²) in [5.41, 5.74) is 1.23. The third-order valence-corrected chi connectivity index (χ3v) is 9.54. The number of anilines is 3. The minimum absolute atomic E-state index is 0.0441. The van der Waals surface area contributed by atoms with Crippen molar-refractivity contribution in [3.8, 4) is 11.5 Å². The molecule has 0 spiro atoms. The normalized spacial score (nSPS) is 19.9. The lowest BCUT2D eigenvalue weighted by Crippen LogP contribution is -2.55. The van der Waals surface area contributed by atoms with Crippen LogP contribution in [0, 0.1) is 0 Å². The quantitative estimate of drug-likeness (QED) is 0.0813. The highest BCUT2D eigenvalue weighted by Crippen LogP contribution is 2.43. The van der Waals surface area contributed by atoms with Gasteiger partial charge in [-0.25, -0.2) is 4.79 Å². The third kappa shape index (κ3) is 8.96. The molecule has 6 rings (SSSR count). The maximum Gasteiger partial charge on any atom is 0.354 e. The maximum atomic E-state index is 14.1. The molecule has 17 nitrogen and oxygen atoms in total. The van der Waals surface area contributed by atoms with Gasteiger partial charge in [0.1, 0.15) is 5.69 Å². The molecular formula is C38H47N5O12. The van der Waals surface area contributed by atoms with Crippen molar-refractivity contribution >= 4 is 40.9 Å². The Morgan fingerprint density at radius 3 is 2.67 bits per heavy atom. The molecule has 3 N–H and O–H groups in total. The van der Waals surface area contributed by atoms with Crippen LogP contribution in [0.25, 0.3) is 0 Å². The Hall–Kier alpha value is -5.36. The largest absolute Gasteiger partial charge is 0.493 e. The molecule has 1 aromatic carbocycles. The van der Waals surface area contributed by atoms with Gasteiger partial charge in [-0.1, -0.05) is 6.08 Å². The molecule has 5 heterocycles. The predicted octanol–water partition coefficient (Wildman–Crippen LogP) is 4.24. The fraction of sp³-hybridized carbons (Fsp3) is 0.474. The lowest BCUT2D eigenvalue weighted by molar-refractivity contribution is -0.212. The van der Waals surface area contributed by atoms with Crippen LogP contribution in [0.4, 0.5) is 17.3 Å². The van der Waals surface area contributed by atoms with Crippen molar-refractivity contribution in [3.05, 3.63) is 66.2 Å². The SMILES string of the molecule is C=CCOC(O)N1c2cc(OCCCC(=O)Nc3ccc(C(=O)Nc4cc(C(=O)OC)n(C)c4)o3)c(OC)cc2C(=O)N2CCC[C@H]2[C@@H]1OC1CCCCO1. The number of amides is 3. The second-order valence-corrected chi connectivity index (χ2v) is 13.2. The van der Waals surface area contributed by atoms with E-state index < -0.39 is 30.8 Å². The van der Waals surface area contributed by atoms with Gasteiger partial charge in [0.05, 0.1) is 50.4 Å². The zero-order chi connectivity index (χ0) is 39.1. The Morgan fingerprint density at radius 2 is 1.93 bits per heavy atom. The number of ether oxygens (including phenoxy) is 6. The van der Waals surface area contributed by atoms with Crippen molar-refractivity contribution in [1.82, 2.24) is 9.47 Å². The molecule has 0 aliphatic carbocycles. The average molecular weight is 766 g/mol. The van der Waals surface area contributed by atoms with Gasteiger partial charge in [-0.15, -0.1) is 6.58 Å². The van der Waals surface area contributed by atoms with E-state index in [4.69, 9.17) is 32.8 Å². The van der Waals surface area contributed by atoms with Gasteiger partial charge >= 0.3 is 5.97 Å². The van der Waals surface area contributed by atoms with Crippen LogP contribution in [0.5, 0.6) is 11.5 Å². The molecule has 0 radical (unpaired) electrons. The number of fused-ring (bicyclic) bond motifs is 2. The number of carbonyl (C=O) groups excluding carboxylic acids is 4. The first-order valence-electron chi connectivity index (χ1n) is 18.2. The first-order chi connectivity index (χ1) is 26.6. The number of aliphatic hydroxyl groups excluding tert-OH is 1. The van der Waals surface area contributed by atoms with E-state index in [1.807, 2.05) is 0 Å². The van der Waals surface area contributed by atoms with E-state index in [1.54, 1.807) is 35.2 Å². The van der Waals surface area contributed by atoms with Crippen LogP contribution < -0.4 is 25.0 Å². The minimum Gasteiger partial charge on any atom is -0.493 e. The number of aryl methyl sites for hydroxylation is 1. The van der Waals surface area contributed by atoms with Crippen molar-refractivity contribution in [2.45, 2.75) is 69.9 Å². The minimum atomic E-state index is -1.51. The van der Waals surface area contributed by atoms with Gasteiger partial charge in [0.2, 0.25) is 12.3 Å². The van der Waals surface area contributed by atoms with Gasteiger partial charge in [-0.05, 0) is 56.7 Å². The summed E-state index contributed by atoms with van der Waals surface area (Å²) in [6.45, 7) is 4.91. The summed E-state index contributed by atoms with van der Waals surface area (Å²) >= 11 is 0. The van der Waals surface area contributed by atoms with Crippen LogP contribution in [0.3, 0.4) is 0 Å². The molecule has 296 valence electrons. The summed E-state index contributed by atoms with van der Waals surface area (Å²) in [5.74, 6) is -1.14. The Bertz CT molecular complexity index is 1870. The number of rotatable bonds is 16. The van der Waals surface area contributed by atoms with E-state index in [1.165, 1.54) is 43.1 Å². The van der Waals surface area contributed by atoms with Crippen LogP contribution in [0.1, 0.15) is 76.3 Å². The molecule has 2 aromatic heterocycles. The molecule has 2 saturated heterocycles. The number of methoxy groups -OCH3 is 2. The van der Waals surface area contributed by atoms with E-state index >= 15 is 0 Å². The molecule has 55 heavy (non-hydrogen) atoms. The van der Waals surface area contributed by atoms with Crippen molar-refractivity contribution in [2.24, 2.45) is 7.05 Å². The summed E-state index contributed by atoms with van der Waals surface area (Å²) in [6, 6.07) is 7.16. The fourth-order valence-corrected chi connectivity index (χ4v) is 6.91. The summed E-state index contributed by atoms with van der Waals surface area (Å²) in [5, 5.41) is 16.7. The highest BCUT2D eigenvalue weighted by atomic mass is 16.7. The molecule has 2 unspecified atom stereocenters. The predicted molar refractivity (Wildman–Crippen MR) is 197 cm³/mol. The Kier molecular flexibility index (Phi) is 12.8. The molecule has 3 aliphatic heterocycles. The molecule has 3 aromatic rings. The molecule has 0 bridgehead atoms. The molecule has 17 heteroatoms. The summed E-state index contributed by atoms with van der Waals surface area (Å²) in [4.78, 5) is 54.8. The number of nitrogens with one attached hydrogen (secondary N) is 2. The molecule has 3 aliphatic rings. The zero-order valence-corrected chi connectivity index (χ0v) is 31.1. The second kappa shape index (κ2) is 17.9. The van der Waals surface area contributed by atoms with Crippen molar-refractivity contribution < 1.29 is 57.1 Å². The number of benzene rings is 1. The van der Waals surface area contributed by atoms with E-state index in [2.05, 4.69) is 17.2 Å². The van der Waals surface area contributed by atoms with Crippen LogP contribution in [-0.2, 0) is 30.8 Å². The van der Waals surface area contributed by atoms with Crippen LogP contribution in [0.15, 0.2) is 53.6 Å². The Balaban J connectivity index is 1.12. The lowest BCUT2D eigenvalue weighted by atomic mass is 10.1. The van der Waals surface area contributed by atoms with Crippen molar-refractivity contribution in [1.29, 1.82) is 0 Å². The van der Waals surface area contributed by atoms with E-state index in [9.17, 15) is 24.3 Å². The number of esters is 1. The van der Waals surface area contributed by atoms with E-state index in [-0.39, 0.29) is 72.6 Å². The van der Waals surface area contributed by atoms with Crippen molar-refractivity contribution in [2.75, 3.05) is 56.1 Å². The average Bonchev–Trinajstić information content (AvgIpc) is 3.94. The molecule has 0 saturated carbocycles.